The highest BCUT2D eigenvalue weighted by Crippen LogP contribution is 2.05. The van der Waals surface area contributed by atoms with Crippen molar-refractivity contribution in [1.29, 1.82) is 0 Å². The Morgan fingerprint density at radius 2 is 1.86 bits per heavy atom. The summed E-state index contributed by atoms with van der Waals surface area (Å²) in [4.78, 5) is 22.8. The Kier molecular flexibility index (Phi) is 7.68. The number of aliphatic carboxylic acids is 1. The minimum atomic E-state index is -1.01. The van der Waals surface area contributed by atoms with Crippen LogP contribution in [0, 0.1) is 0 Å². The standard InChI is InChI=1S/C15H22N2O3S/c1-3-11-4-6-12(7-5-11)10-16-15(20)17-13(14(18)19)8-9-21-2/h4-7,13H,3,8-10H2,1-2H3,(H,18,19)(H2,16,17,20). The number of nitrogens with one attached hydrogen (secondary N) is 2. The Morgan fingerprint density at radius 1 is 1.24 bits per heavy atom. The van der Waals surface area contributed by atoms with Gasteiger partial charge in [0.15, 0.2) is 0 Å². The van der Waals surface area contributed by atoms with Crippen molar-refractivity contribution in [3.05, 3.63) is 35.4 Å². The monoisotopic (exact) mass is 310 g/mol. The van der Waals surface area contributed by atoms with E-state index >= 15 is 0 Å². The van der Waals surface area contributed by atoms with Crippen LogP contribution in [0.25, 0.3) is 0 Å². The third-order valence-electron chi connectivity index (χ3n) is 3.10. The molecule has 0 aromatic heterocycles. The molecule has 0 saturated heterocycles. The van der Waals surface area contributed by atoms with E-state index in [2.05, 4.69) is 17.6 Å². The van der Waals surface area contributed by atoms with Crippen LogP contribution in [0.5, 0.6) is 0 Å². The largest absolute Gasteiger partial charge is 0.480 e. The van der Waals surface area contributed by atoms with Crippen LogP contribution in [0.3, 0.4) is 0 Å². The fourth-order valence-electron chi connectivity index (χ4n) is 1.78. The number of carbonyl (C=O) groups excluding carboxylic acids is 1. The highest BCUT2D eigenvalue weighted by atomic mass is 32.2. The SMILES string of the molecule is CCc1ccc(CNC(=O)NC(CCSC)C(=O)O)cc1. The molecule has 0 radical (unpaired) electrons. The number of hydrogen-bond acceptors (Lipinski definition) is 3. The smallest absolute Gasteiger partial charge is 0.326 e. The number of rotatable bonds is 8. The van der Waals surface area contributed by atoms with E-state index in [1.807, 2.05) is 30.5 Å². The van der Waals surface area contributed by atoms with Crippen LogP contribution < -0.4 is 10.6 Å². The van der Waals surface area contributed by atoms with Crippen LogP contribution in [-0.4, -0.2) is 35.2 Å². The van der Waals surface area contributed by atoms with Crippen molar-refractivity contribution in [2.45, 2.75) is 32.4 Å². The molecule has 0 aliphatic carbocycles. The van der Waals surface area contributed by atoms with E-state index < -0.39 is 18.0 Å². The predicted molar refractivity (Wildman–Crippen MR) is 85.6 cm³/mol. The zero-order chi connectivity index (χ0) is 15.7. The van der Waals surface area contributed by atoms with Gasteiger partial charge in [0.05, 0.1) is 0 Å². The molecule has 5 nitrogen and oxygen atoms in total. The predicted octanol–water partition coefficient (Wildman–Crippen LogP) is 2.25. The number of aryl methyl sites for hydroxylation is 1. The molecule has 1 aromatic rings. The van der Waals surface area contributed by atoms with Gasteiger partial charge in [-0.1, -0.05) is 31.2 Å². The summed E-state index contributed by atoms with van der Waals surface area (Å²) in [6, 6.07) is 6.66. The van der Waals surface area contributed by atoms with Crippen LogP contribution in [0.15, 0.2) is 24.3 Å². The van der Waals surface area contributed by atoms with Crippen molar-refractivity contribution in [3.8, 4) is 0 Å². The van der Waals surface area contributed by atoms with Crippen LogP contribution >= 0.6 is 11.8 Å². The molecule has 0 saturated carbocycles. The van der Waals surface area contributed by atoms with Crippen molar-refractivity contribution in [2.24, 2.45) is 0 Å². The fourth-order valence-corrected chi connectivity index (χ4v) is 2.25. The molecule has 2 amide bonds. The maximum atomic E-state index is 11.7. The Balaban J connectivity index is 2.42. The van der Waals surface area contributed by atoms with Crippen LogP contribution in [0.2, 0.25) is 0 Å². The van der Waals surface area contributed by atoms with Gasteiger partial charge < -0.3 is 15.7 Å². The van der Waals surface area contributed by atoms with E-state index in [4.69, 9.17) is 5.11 Å². The molecule has 1 atom stereocenters. The number of amides is 2. The first-order chi connectivity index (χ1) is 10.1. The van der Waals surface area contributed by atoms with Crippen LogP contribution in [0.4, 0.5) is 4.79 Å². The average Bonchev–Trinajstić information content (AvgIpc) is 2.49. The summed E-state index contributed by atoms with van der Waals surface area (Å²) in [6.45, 7) is 2.46. The lowest BCUT2D eigenvalue weighted by molar-refractivity contribution is -0.139. The summed E-state index contributed by atoms with van der Waals surface area (Å²) < 4.78 is 0. The molecule has 0 spiro atoms. The van der Waals surface area contributed by atoms with Crippen molar-refractivity contribution >= 4 is 23.8 Å². The first kappa shape index (κ1) is 17.4. The molecule has 1 unspecified atom stereocenters. The second-order valence-corrected chi connectivity index (χ2v) is 5.65. The molecule has 21 heavy (non-hydrogen) atoms. The van der Waals surface area contributed by atoms with Crippen LogP contribution in [0.1, 0.15) is 24.5 Å². The van der Waals surface area contributed by atoms with Gasteiger partial charge in [-0.05, 0) is 36.0 Å². The molecule has 116 valence electrons. The quantitative estimate of drug-likeness (QED) is 0.688. The highest BCUT2D eigenvalue weighted by molar-refractivity contribution is 7.98. The zero-order valence-electron chi connectivity index (χ0n) is 12.4. The van der Waals surface area contributed by atoms with E-state index in [-0.39, 0.29) is 0 Å². The Bertz CT molecular complexity index is 462. The summed E-state index contributed by atoms with van der Waals surface area (Å²) in [6.07, 6.45) is 3.29. The van der Waals surface area contributed by atoms with Gasteiger partial charge in [-0.25, -0.2) is 9.59 Å². The number of urea groups is 1. The lowest BCUT2D eigenvalue weighted by Gasteiger charge is -2.14. The molecular weight excluding hydrogens is 288 g/mol. The maximum absolute atomic E-state index is 11.7. The Hall–Kier alpha value is -1.69. The lowest BCUT2D eigenvalue weighted by Crippen LogP contribution is -2.46. The normalized spacial score (nSPS) is 11.7. The van der Waals surface area contributed by atoms with E-state index in [9.17, 15) is 9.59 Å². The summed E-state index contributed by atoms with van der Waals surface area (Å²) in [5, 5.41) is 14.2. The van der Waals surface area contributed by atoms with Crippen molar-refractivity contribution in [2.75, 3.05) is 12.0 Å². The van der Waals surface area contributed by atoms with Crippen molar-refractivity contribution in [1.82, 2.24) is 10.6 Å². The van der Waals surface area contributed by atoms with E-state index in [0.717, 1.165) is 12.0 Å². The third kappa shape index (κ3) is 6.53. The summed E-state index contributed by atoms with van der Waals surface area (Å²) in [7, 11) is 0. The van der Waals surface area contributed by atoms with Gasteiger partial charge in [0, 0.05) is 6.54 Å². The molecule has 1 aromatic carbocycles. The van der Waals surface area contributed by atoms with Gasteiger partial charge in [-0.15, -0.1) is 0 Å². The van der Waals surface area contributed by atoms with Gasteiger partial charge in [0.2, 0.25) is 0 Å². The maximum Gasteiger partial charge on any atom is 0.326 e. The average molecular weight is 310 g/mol. The topological polar surface area (TPSA) is 78.4 Å². The third-order valence-corrected chi connectivity index (χ3v) is 3.74. The van der Waals surface area contributed by atoms with Crippen molar-refractivity contribution < 1.29 is 14.7 Å². The summed E-state index contributed by atoms with van der Waals surface area (Å²) in [5.74, 6) is -0.318. The molecule has 0 bridgehead atoms. The highest BCUT2D eigenvalue weighted by Gasteiger charge is 2.18. The Labute approximate surface area is 129 Å². The van der Waals surface area contributed by atoms with Crippen molar-refractivity contribution in [3.63, 3.8) is 0 Å². The number of hydrogen-bond donors (Lipinski definition) is 3. The summed E-state index contributed by atoms with van der Waals surface area (Å²) in [5.41, 5.74) is 2.23. The second-order valence-electron chi connectivity index (χ2n) is 4.67. The first-order valence-electron chi connectivity index (χ1n) is 6.90. The lowest BCUT2D eigenvalue weighted by atomic mass is 10.1. The number of thioether (sulfide) groups is 1. The number of benzene rings is 1. The van der Waals surface area contributed by atoms with Gasteiger partial charge in [0.1, 0.15) is 6.04 Å². The molecule has 6 heteroatoms. The number of carbonyl (C=O) groups is 2. The van der Waals surface area contributed by atoms with Gasteiger partial charge >= 0.3 is 12.0 Å². The van der Waals surface area contributed by atoms with E-state index in [1.165, 1.54) is 5.56 Å². The second kappa shape index (κ2) is 9.28. The molecule has 1 rings (SSSR count). The van der Waals surface area contributed by atoms with Gasteiger partial charge in [-0.3, -0.25) is 0 Å². The fraction of sp³-hybridized carbons (Fsp3) is 0.467. The molecule has 0 aliphatic rings. The minimum Gasteiger partial charge on any atom is -0.480 e. The number of carboxylic acid groups (broad SMARTS) is 1. The van der Waals surface area contributed by atoms with E-state index in [1.54, 1.807) is 11.8 Å². The molecule has 3 N–H and O–H groups in total. The molecule has 0 fully saturated rings. The Morgan fingerprint density at radius 3 is 2.38 bits per heavy atom. The minimum absolute atomic E-state index is 0.380. The summed E-state index contributed by atoms with van der Waals surface area (Å²) >= 11 is 1.55. The van der Waals surface area contributed by atoms with Gasteiger partial charge in [-0.2, -0.15) is 11.8 Å². The number of carboxylic acids is 1. The van der Waals surface area contributed by atoms with Crippen LogP contribution in [-0.2, 0) is 17.8 Å². The molecule has 0 heterocycles. The zero-order valence-corrected chi connectivity index (χ0v) is 13.2. The molecule has 0 aliphatic heterocycles. The first-order valence-corrected chi connectivity index (χ1v) is 8.30. The molecular formula is C15H22N2O3S. The van der Waals surface area contributed by atoms with Gasteiger partial charge in [0.25, 0.3) is 0 Å². The van der Waals surface area contributed by atoms with E-state index in [0.29, 0.717) is 18.7 Å².